The molecular formula is C22H20N2O4. The Kier molecular flexibility index (Phi) is 4.98. The lowest BCUT2D eigenvalue weighted by Crippen LogP contribution is -2.40. The highest BCUT2D eigenvalue weighted by Crippen LogP contribution is 2.32. The van der Waals surface area contributed by atoms with Crippen molar-refractivity contribution in [2.45, 2.75) is 12.8 Å². The number of benzene rings is 2. The lowest BCUT2D eigenvalue weighted by molar-refractivity contribution is 0.0650. The van der Waals surface area contributed by atoms with Crippen molar-refractivity contribution in [2.24, 2.45) is 5.92 Å². The summed E-state index contributed by atoms with van der Waals surface area (Å²) in [6.07, 6.45) is 1.27. The maximum atomic E-state index is 12.9. The first-order valence-electron chi connectivity index (χ1n) is 9.39. The van der Waals surface area contributed by atoms with E-state index in [9.17, 15) is 9.59 Å². The van der Waals surface area contributed by atoms with Crippen LogP contribution in [0.1, 0.15) is 39.1 Å². The van der Waals surface area contributed by atoms with E-state index < -0.39 is 0 Å². The van der Waals surface area contributed by atoms with E-state index in [0.29, 0.717) is 67.3 Å². The molecular weight excluding hydrogens is 356 g/mol. The van der Waals surface area contributed by atoms with Gasteiger partial charge in [0.2, 0.25) is 0 Å². The second kappa shape index (κ2) is 7.73. The Morgan fingerprint density at radius 1 is 0.929 bits per heavy atom. The van der Waals surface area contributed by atoms with Crippen LogP contribution in [-0.2, 0) is 0 Å². The summed E-state index contributed by atoms with van der Waals surface area (Å²) in [5.74, 6) is 1.21. The molecule has 6 heteroatoms. The Bertz CT molecular complexity index is 938. The number of piperidine rings is 1. The van der Waals surface area contributed by atoms with E-state index >= 15 is 0 Å². The van der Waals surface area contributed by atoms with E-state index in [-0.39, 0.29) is 17.6 Å². The number of ketones is 1. The van der Waals surface area contributed by atoms with Crippen LogP contribution in [-0.4, -0.2) is 42.9 Å². The number of carbonyl (C=O) groups is 2. The van der Waals surface area contributed by atoms with Gasteiger partial charge in [-0.3, -0.25) is 9.59 Å². The Morgan fingerprint density at radius 2 is 1.57 bits per heavy atom. The van der Waals surface area contributed by atoms with Gasteiger partial charge in [-0.05, 0) is 55.3 Å². The van der Waals surface area contributed by atoms with Gasteiger partial charge in [0.15, 0.2) is 17.3 Å². The van der Waals surface area contributed by atoms with E-state index in [4.69, 9.17) is 14.7 Å². The number of likely N-dealkylation sites (tertiary alicyclic amines) is 1. The molecule has 2 aromatic carbocycles. The molecule has 2 heterocycles. The Labute approximate surface area is 163 Å². The van der Waals surface area contributed by atoms with Gasteiger partial charge in [-0.25, -0.2) is 0 Å². The standard InChI is InChI=1S/C22H20N2O4/c23-14-15-1-3-17(4-2-15)22(26)24-9-7-16(8-10-24)21(25)18-5-6-19-20(13-18)28-12-11-27-19/h1-6,13,16H,7-12H2. The van der Waals surface area contributed by atoms with Crippen LogP contribution in [0.4, 0.5) is 0 Å². The van der Waals surface area contributed by atoms with Gasteiger partial charge in [0.1, 0.15) is 13.2 Å². The fourth-order valence-electron chi connectivity index (χ4n) is 3.65. The number of carbonyl (C=O) groups excluding carboxylic acids is 2. The topological polar surface area (TPSA) is 79.6 Å². The second-order valence-corrected chi connectivity index (χ2v) is 6.98. The predicted molar refractivity (Wildman–Crippen MR) is 102 cm³/mol. The van der Waals surface area contributed by atoms with Crippen molar-refractivity contribution >= 4 is 11.7 Å². The van der Waals surface area contributed by atoms with E-state index in [1.54, 1.807) is 47.4 Å². The van der Waals surface area contributed by atoms with Gasteiger partial charge in [-0.2, -0.15) is 5.26 Å². The van der Waals surface area contributed by atoms with Crippen molar-refractivity contribution < 1.29 is 19.1 Å². The lowest BCUT2D eigenvalue weighted by atomic mass is 9.88. The zero-order chi connectivity index (χ0) is 19.5. The van der Waals surface area contributed by atoms with Crippen molar-refractivity contribution in [1.82, 2.24) is 4.90 Å². The number of nitriles is 1. The summed E-state index contributed by atoms with van der Waals surface area (Å²) in [6.45, 7) is 2.09. The molecule has 0 bridgehead atoms. The first-order valence-corrected chi connectivity index (χ1v) is 9.39. The highest BCUT2D eigenvalue weighted by Gasteiger charge is 2.29. The third kappa shape index (κ3) is 3.56. The molecule has 0 radical (unpaired) electrons. The SMILES string of the molecule is N#Cc1ccc(C(=O)N2CCC(C(=O)c3ccc4c(c3)OCCO4)CC2)cc1. The third-order valence-electron chi connectivity index (χ3n) is 5.24. The average molecular weight is 376 g/mol. The van der Waals surface area contributed by atoms with Crippen molar-refractivity contribution in [2.75, 3.05) is 26.3 Å². The first-order chi connectivity index (χ1) is 13.7. The monoisotopic (exact) mass is 376 g/mol. The molecule has 4 rings (SSSR count). The zero-order valence-electron chi connectivity index (χ0n) is 15.4. The van der Waals surface area contributed by atoms with E-state index in [2.05, 4.69) is 0 Å². The maximum absolute atomic E-state index is 12.9. The molecule has 0 spiro atoms. The van der Waals surface area contributed by atoms with Crippen molar-refractivity contribution in [3.05, 3.63) is 59.2 Å². The number of amides is 1. The molecule has 2 aromatic rings. The number of Topliss-reactive ketones (excluding diaryl/α,β-unsaturated/α-hetero) is 1. The van der Waals surface area contributed by atoms with Crippen LogP contribution in [0.5, 0.6) is 11.5 Å². The van der Waals surface area contributed by atoms with Crippen LogP contribution in [0, 0.1) is 17.2 Å². The highest BCUT2D eigenvalue weighted by molar-refractivity contribution is 5.99. The molecule has 1 saturated heterocycles. The first kappa shape index (κ1) is 18.1. The molecule has 0 N–H and O–H groups in total. The number of ether oxygens (including phenoxy) is 2. The van der Waals surface area contributed by atoms with Gasteiger partial charge in [0, 0.05) is 30.1 Å². The Balaban J connectivity index is 1.39. The molecule has 1 fully saturated rings. The summed E-state index contributed by atoms with van der Waals surface area (Å²) in [4.78, 5) is 27.3. The minimum atomic E-state index is -0.104. The molecule has 28 heavy (non-hydrogen) atoms. The van der Waals surface area contributed by atoms with Gasteiger partial charge in [-0.15, -0.1) is 0 Å². The predicted octanol–water partition coefficient (Wildman–Crippen LogP) is 3.06. The van der Waals surface area contributed by atoms with Gasteiger partial charge in [0.05, 0.1) is 11.6 Å². The summed E-state index contributed by atoms with van der Waals surface area (Å²) < 4.78 is 11.1. The smallest absolute Gasteiger partial charge is 0.253 e. The summed E-state index contributed by atoms with van der Waals surface area (Å²) in [5, 5.41) is 8.86. The van der Waals surface area contributed by atoms with E-state index in [1.807, 2.05) is 6.07 Å². The molecule has 0 aromatic heterocycles. The summed E-state index contributed by atoms with van der Waals surface area (Å²) in [7, 11) is 0. The molecule has 142 valence electrons. The normalized spacial score (nSPS) is 16.3. The number of nitrogens with zero attached hydrogens (tertiary/aromatic N) is 2. The van der Waals surface area contributed by atoms with Gasteiger partial charge < -0.3 is 14.4 Å². The fourth-order valence-corrected chi connectivity index (χ4v) is 3.65. The van der Waals surface area contributed by atoms with Crippen molar-refractivity contribution in [1.29, 1.82) is 5.26 Å². The summed E-state index contributed by atoms with van der Waals surface area (Å²) in [5.41, 5.74) is 1.72. The number of rotatable bonds is 3. The molecule has 0 atom stereocenters. The maximum Gasteiger partial charge on any atom is 0.253 e. The van der Waals surface area contributed by atoms with Crippen LogP contribution in [0.15, 0.2) is 42.5 Å². The minimum absolute atomic E-state index is 0.0604. The average Bonchev–Trinajstić information content (AvgIpc) is 2.78. The Hall–Kier alpha value is -3.33. The minimum Gasteiger partial charge on any atom is -0.486 e. The third-order valence-corrected chi connectivity index (χ3v) is 5.24. The summed E-state index contributed by atoms with van der Waals surface area (Å²) >= 11 is 0. The molecule has 2 aliphatic heterocycles. The van der Waals surface area contributed by atoms with Gasteiger partial charge in [0.25, 0.3) is 5.91 Å². The largest absolute Gasteiger partial charge is 0.486 e. The lowest BCUT2D eigenvalue weighted by Gasteiger charge is -2.31. The molecule has 1 amide bonds. The van der Waals surface area contributed by atoms with E-state index in [0.717, 1.165) is 0 Å². The van der Waals surface area contributed by atoms with Crippen LogP contribution in [0.2, 0.25) is 0 Å². The summed E-state index contributed by atoms with van der Waals surface area (Å²) in [6, 6.07) is 14.0. The van der Waals surface area contributed by atoms with Crippen molar-refractivity contribution in [3.63, 3.8) is 0 Å². The van der Waals surface area contributed by atoms with Crippen LogP contribution in [0.3, 0.4) is 0 Å². The number of hydrogen-bond donors (Lipinski definition) is 0. The Morgan fingerprint density at radius 3 is 2.25 bits per heavy atom. The van der Waals surface area contributed by atoms with Gasteiger partial charge in [-0.1, -0.05) is 0 Å². The molecule has 0 unspecified atom stereocenters. The molecule has 2 aliphatic rings. The molecule has 0 aliphatic carbocycles. The van der Waals surface area contributed by atoms with Crippen LogP contribution >= 0.6 is 0 Å². The molecule has 6 nitrogen and oxygen atoms in total. The second-order valence-electron chi connectivity index (χ2n) is 6.98. The van der Waals surface area contributed by atoms with Crippen LogP contribution in [0.25, 0.3) is 0 Å². The van der Waals surface area contributed by atoms with E-state index in [1.165, 1.54) is 0 Å². The van der Waals surface area contributed by atoms with Crippen molar-refractivity contribution in [3.8, 4) is 17.6 Å². The van der Waals surface area contributed by atoms with Crippen LogP contribution < -0.4 is 9.47 Å². The fraction of sp³-hybridized carbons (Fsp3) is 0.318. The zero-order valence-corrected chi connectivity index (χ0v) is 15.4. The van der Waals surface area contributed by atoms with Gasteiger partial charge >= 0.3 is 0 Å². The quantitative estimate of drug-likeness (QED) is 0.769. The number of hydrogen-bond acceptors (Lipinski definition) is 5. The highest BCUT2D eigenvalue weighted by atomic mass is 16.6. The number of fused-ring (bicyclic) bond motifs is 1. The molecule has 0 saturated carbocycles.